The van der Waals surface area contributed by atoms with Crippen LogP contribution < -0.4 is 0 Å². The van der Waals surface area contributed by atoms with Crippen molar-refractivity contribution in [3.8, 4) is 0 Å². The molecule has 0 radical (unpaired) electrons. The van der Waals surface area contributed by atoms with E-state index in [-0.39, 0.29) is 0 Å². The van der Waals surface area contributed by atoms with E-state index in [0.29, 0.717) is 5.88 Å². The molecule has 0 aromatic carbocycles. The Balaban J connectivity index is 2.34. The molecule has 0 spiro atoms. The van der Waals surface area contributed by atoms with Gasteiger partial charge >= 0.3 is 0 Å². The highest BCUT2D eigenvalue weighted by atomic mass is 35.5. The third kappa shape index (κ3) is 4.51. The fourth-order valence-electron chi connectivity index (χ4n) is 1.56. The van der Waals surface area contributed by atoms with Crippen molar-refractivity contribution in [3.63, 3.8) is 0 Å². The van der Waals surface area contributed by atoms with Gasteiger partial charge in [0.25, 0.3) is 0 Å². The summed E-state index contributed by atoms with van der Waals surface area (Å²) in [6, 6.07) is 0. The van der Waals surface area contributed by atoms with E-state index >= 15 is 0 Å². The lowest BCUT2D eigenvalue weighted by atomic mass is 10.4. The van der Waals surface area contributed by atoms with Gasteiger partial charge in [-0.25, -0.2) is 4.98 Å². The number of hydrogen-bond donors (Lipinski definition) is 0. The fraction of sp³-hybridized carbons (Fsp3) is 0.727. The average Bonchev–Trinajstić information content (AvgIpc) is 2.68. The van der Waals surface area contributed by atoms with Crippen molar-refractivity contribution in [1.82, 2.24) is 14.5 Å². The zero-order valence-electron chi connectivity index (χ0n) is 10.0. The number of ether oxygens (including phenoxy) is 1. The maximum absolute atomic E-state index is 5.77. The van der Waals surface area contributed by atoms with Gasteiger partial charge in [0.1, 0.15) is 5.82 Å². The van der Waals surface area contributed by atoms with E-state index in [1.807, 2.05) is 19.3 Å². The van der Waals surface area contributed by atoms with Crippen LogP contribution in [0.5, 0.6) is 0 Å². The number of methoxy groups -OCH3 is 1. The lowest BCUT2D eigenvalue weighted by Crippen LogP contribution is -2.32. The molecule has 0 aliphatic rings. The Morgan fingerprint density at radius 2 is 2.25 bits per heavy atom. The quantitative estimate of drug-likeness (QED) is 0.649. The van der Waals surface area contributed by atoms with Crippen molar-refractivity contribution in [2.75, 3.05) is 39.2 Å². The molecule has 1 aromatic heterocycles. The molecule has 1 rings (SSSR count). The van der Waals surface area contributed by atoms with Gasteiger partial charge in [0, 0.05) is 51.6 Å². The minimum Gasteiger partial charge on any atom is -0.383 e. The summed E-state index contributed by atoms with van der Waals surface area (Å²) in [6.45, 7) is 6.52. The van der Waals surface area contributed by atoms with Gasteiger partial charge in [0.2, 0.25) is 0 Å². The Bertz CT molecular complexity index is 291. The highest BCUT2D eigenvalue weighted by Crippen LogP contribution is 1.97. The Morgan fingerprint density at radius 1 is 1.44 bits per heavy atom. The first-order chi connectivity index (χ1) is 7.77. The third-order valence-electron chi connectivity index (χ3n) is 2.59. The van der Waals surface area contributed by atoms with Gasteiger partial charge < -0.3 is 9.30 Å². The van der Waals surface area contributed by atoms with E-state index in [0.717, 1.165) is 38.6 Å². The van der Waals surface area contributed by atoms with Crippen molar-refractivity contribution < 1.29 is 4.74 Å². The lowest BCUT2D eigenvalue weighted by Gasteiger charge is -2.21. The zero-order chi connectivity index (χ0) is 11.8. The molecule has 16 heavy (non-hydrogen) atoms. The normalized spacial score (nSPS) is 11.2. The molecule has 92 valence electrons. The van der Waals surface area contributed by atoms with Gasteiger partial charge in [-0.3, -0.25) is 4.90 Å². The number of aryl methyl sites for hydroxylation is 1. The van der Waals surface area contributed by atoms with Gasteiger partial charge in [0.05, 0.1) is 6.61 Å². The molecule has 5 heteroatoms. The number of rotatable bonds is 8. The van der Waals surface area contributed by atoms with Crippen LogP contribution in [0.2, 0.25) is 0 Å². The molecular formula is C11H20ClN3O. The minimum absolute atomic E-state index is 0.659. The predicted octanol–water partition coefficient (Wildman–Crippen LogP) is 1.38. The van der Waals surface area contributed by atoms with Crippen molar-refractivity contribution in [2.24, 2.45) is 0 Å². The van der Waals surface area contributed by atoms with Gasteiger partial charge in [-0.1, -0.05) is 0 Å². The summed E-state index contributed by atoms with van der Waals surface area (Å²) >= 11 is 5.77. The molecule has 0 amide bonds. The molecule has 0 saturated heterocycles. The Labute approximate surface area is 102 Å². The maximum Gasteiger partial charge on any atom is 0.105 e. The molecule has 0 fully saturated rings. The molecule has 0 unspecified atom stereocenters. The summed E-state index contributed by atoms with van der Waals surface area (Å²) in [6.07, 6.45) is 3.83. The largest absolute Gasteiger partial charge is 0.383 e. The van der Waals surface area contributed by atoms with Gasteiger partial charge in [-0.2, -0.15) is 0 Å². The van der Waals surface area contributed by atoms with E-state index in [1.165, 1.54) is 0 Å². The predicted molar refractivity (Wildman–Crippen MR) is 66.0 cm³/mol. The average molecular weight is 246 g/mol. The van der Waals surface area contributed by atoms with E-state index in [4.69, 9.17) is 16.3 Å². The van der Waals surface area contributed by atoms with Crippen LogP contribution in [-0.2, 0) is 11.3 Å². The molecule has 0 bridgehead atoms. The first kappa shape index (κ1) is 13.5. The summed E-state index contributed by atoms with van der Waals surface area (Å²) in [5.74, 6) is 1.71. The third-order valence-corrected chi connectivity index (χ3v) is 2.76. The summed E-state index contributed by atoms with van der Waals surface area (Å²) in [5, 5.41) is 0. The van der Waals surface area contributed by atoms with Crippen molar-refractivity contribution in [2.45, 2.75) is 13.5 Å². The number of hydrogen-bond acceptors (Lipinski definition) is 3. The fourth-order valence-corrected chi connectivity index (χ4v) is 1.80. The second-order valence-electron chi connectivity index (χ2n) is 3.69. The van der Waals surface area contributed by atoms with Crippen LogP contribution in [0.4, 0.5) is 0 Å². The number of halogens is 1. The molecule has 0 N–H and O–H groups in total. The van der Waals surface area contributed by atoms with Crippen LogP contribution in [0.3, 0.4) is 0 Å². The minimum atomic E-state index is 0.659. The number of alkyl halides is 1. The number of imidazole rings is 1. The molecule has 4 nitrogen and oxygen atoms in total. The summed E-state index contributed by atoms with van der Waals surface area (Å²) in [7, 11) is 1.72. The van der Waals surface area contributed by atoms with Gasteiger partial charge in [-0.15, -0.1) is 11.6 Å². The highest BCUT2D eigenvalue weighted by molar-refractivity contribution is 6.18. The Kier molecular flexibility index (Phi) is 6.45. The summed E-state index contributed by atoms with van der Waals surface area (Å²) in [5.41, 5.74) is 0. The summed E-state index contributed by atoms with van der Waals surface area (Å²) in [4.78, 5) is 6.50. The smallest absolute Gasteiger partial charge is 0.105 e. The number of aromatic nitrogens is 2. The van der Waals surface area contributed by atoms with Crippen LogP contribution in [0.15, 0.2) is 12.4 Å². The lowest BCUT2D eigenvalue weighted by molar-refractivity contribution is 0.149. The van der Waals surface area contributed by atoms with E-state index < -0.39 is 0 Å². The molecular weight excluding hydrogens is 226 g/mol. The van der Waals surface area contributed by atoms with Gasteiger partial charge in [-0.05, 0) is 6.92 Å². The van der Waals surface area contributed by atoms with Crippen molar-refractivity contribution in [3.05, 3.63) is 18.2 Å². The highest BCUT2D eigenvalue weighted by Gasteiger charge is 2.04. The Hall–Kier alpha value is -0.580. The van der Waals surface area contributed by atoms with Crippen molar-refractivity contribution in [1.29, 1.82) is 0 Å². The molecule has 0 atom stereocenters. The Morgan fingerprint density at radius 3 is 2.81 bits per heavy atom. The summed E-state index contributed by atoms with van der Waals surface area (Å²) < 4.78 is 7.22. The van der Waals surface area contributed by atoms with Crippen LogP contribution >= 0.6 is 11.6 Å². The second kappa shape index (κ2) is 7.65. The second-order valence-corrected chi connectivity index (χ2v) is 4.07. The number of nitrogens with zero attached hydrogens (tertiary/aromatic N) is 3. The van der Waals surface area contributed by atoms with E-state index in [9.17, 15) is 0 Å². The van der Waals surface area contributed by atoms with E-state index in [1.54, 1.807) is 7.11 Å². The zero-order valence-corrected chi connectivity index (χ0v) is 10.8. The van der Waals surface area contributed by atoms with Gasteiger partial charge in [0.15, 0.2) is 0 Å². The molecule has 0 aliphatic heterocycles. The molecule has 0 aliphatic carbocycles. The van der Waals surface area contributed by atoms with Crippen LogP contribution in [0.25, 0.3) is 0 Å². The van der Waals surface area contributed by atoms with E-state index in [2.05, 4.69) is 14.5 Å². The standard InChI is InChI=1S/C11H20ClN3O/c1-11-13-4-6-15(11)8-7-14(5-3-12)9-10-16-2/h4,6H,3,5,7-10H2,1-2H3. The SMILES string of the molecule is COCCN(CCCl)CCn1ccnc1C. The molecule has 0 saturated carbocycles. The first-order valence-electron chi connectivity index (χ1n) is 5.53. The molecule has 1 aromatic rings. The maximum atomic E-state index is 5.77. The topological polar surface area (TPSA) is 30.3 Å². The van der Waals surface area contributed by atoms with Crippen LogP contribution in [0, 0.1) is 6.92 Å². The monoisotopic (exact) mass is 245 g/mol. The first-order valence-corrected chi connectivity index (χ1v) is 6.06. The van der Waals surface area contributed by atoms with Crippen molar-refractivity contribution >= 4 is 11.6 Å². The van der Waals surface area contributed by atoms with Crippen LogP contribution in [0.1, 0.15) is 5.82 Å². The van der Waals surface area contributed by atoms with Crippen LogP contribution in [-0.4, -0.2) is 53.7 Å². The molecule has 1 heterocycles.